The number of carbonyl (C=O) groups excluding carboxylic acids is 2. The number of aryl methyl sites for hydroxylation is 1. The van der Waals surface area contributed by atoms with Gasteiger partial charge in [0.25, 0.3) is 0 Å². The average Bonchev–Trinajstić information content (AvgIpc) is 3.36. The van der Waals surface area contributed by atoms with E-state index in [9.17, 15) is 18.0 Å². The highest BCUT2D eigenvalue weighted by atomic mass is 32.2. The molecule has 202 valence electrons. The number of nitrogens with zero attached hydrogens (tertiary/aromatic N) is 2. The summed E-state index contributed by atoms with van der Waals surface area (Å²) in [6.45, 7) is 6.00. The fourth-order valence-corrected chi connectivity index (χ4v) is 5.52. The number of sulfonamides is 1. The Balaban J connectivity index is 1.89. The standard InChI is InChI=1S/C28H39N3O5S/c1-5-26(28(33)29-23-9-7-8-10-23)30(19-22-13-11-21(3)12-14-22)27(32)20-31(37(4,34)35)24-15-17-25(18-16-24)36-6-2/h11-18,23,26H,5-10,19-20H2,1-4H3,(H,29,33). The first-order chi connectivity index (χ1) is 17.6. The van der Waals surface area contributed by atoms with Crippen molar-refractivity contribution < 1.29 is 22.7 Å². The van der Waals surface area contributed by atoms with Crippen molar-refractivity contribution in [2.75, 3.05) is 23.7 Å². The molecular formula is C28H39N3O5S. The van der Waals surface area contributed by atoms with Crippen LogP contribution in [0.3, 0.4) is 0 Å². The van der Waals surface area contributed by atoms with E-state index < -0.39 is 28.5 Å². The van der Waals surface area contributed by atoms with Gasteiger partial charge in [-0.2, -0.15) is 0 Å². The van der Waals surface area contributed by atoms with Crippen molar-refractivity contribution in [3.63, 3.8) is 0 Å². The van der Waals surface area contributed by atoms with E-state index in [1.165, 1.54) is 4.90 Å². The van der Waals surface area contributed by atoms with Crippen LogP contribution in [0.4, 0.5) is 5.69 Å². The summed E-state index contributed by atoms with van der Waals surface area (Å²) >= 11 is 0. The van der Waals surface area contributed by atoms with Gasteiger partial charge in [0.15, 0.2) is 0 Å². The summed E-state index contributed by atoms with van der Waals surface area (Å²) in [5, 5.41) is 3.11. The van der Waals surface area contributed by atoms with Crippen LogP contribution >= 0.6 is 0 Å². The Kier molecular flexibility index (Phi) is 9.97. The third kappa shape index (κ3) is 7.95. The lowest BCUT2D eigenvalue weighted by molar-refractivity contribution is -0.140. The highest BCUT2D eigenvalue weighted by Gasteiger charge is 2.33. The minimum absolute atomic E-state index is 0.120. The number of anilines is 1. The second-order valence-electron chi connectivity index (χ2n) is 9.62. The van der Waals surface area contributed by atoms with E-state index in [0.29, 0.717) is 24.5 Å². The summed E-state index contributed by atoms with van der Waals surface area (Å²) in [7, 11) is -3.78. The molecule has 1 atom stereocenters. The van der Waals surface area contributed by atoms with Crippen molar-refractivity contribution in [3.05, 3.63) is 59.7 Å². The zero-order chi connectivity index (χ0) is 27.0. The normalized spacial score (nSPS) is 14.7. The van der Waals surface area contributed by atoms with Crippen molar-refractivity contribution in [1.29, 1.82) is 0 Å². The lowest BCUT2D eigenvalue weighted by Gasteiger charge is -2.33. The number of rotatable bonds is 12. The Labute approximate surface area is 221 Å². The third-order valence-corrected chi connectivity index (χ3v) is 7.82. The molecule has 0 aliphatic heterocycles. The molecule has 0 saturated heterocycles. The molecule has 1 aliphatic rings. The van der Waals surface area contributed by atoms with Gasteiger partial charge >= 0.3 is 0 Å². The lowest BCUT2D eigenvalue weighted by atomic mass is 10.1. The molecule has 0 heterocycles. The third-order valence-electron chi connectivity index (χ3n) is 6.68. The van der Waals surface area contributed by atoms with Gasteiger partial charge < -0.3 is 15.0 Å². The first-order valence-corrected chi connectivity index (χ1v) is 14.8. The summed E-state index contributed by atoms with van der Waals surface area (Å²) in [6, 6.07) is 13.8. The smallest absolute Gasteiger partial charge is 0.244 e. The second-order valence-corrected chi connectivity index (χ2v) is 11.5. The molecule has 8 nitrogen and oxygen atoms in total. The highest BCUT2D eigenvalue weighted by molar-refractivity contribution is 7.92. The quantitative estimate of drug-likeness (QED) is 0.448. The molecular weight excluding hydrogens is 490 g/mol. The predicted octanol–water partition coefficient (Wildman–Crippen LogP) is 4.03. The van der Waals surface area contributed by atoms with Gasteiger partial charge in [0, 0.05) is 12.6 Å². The largest absolute Gasteiger partial charge is 0.494 e. The molecule has 0 aromatic heterocycles. The molecule has 0 bridgehead atoms. The van der Waals surface area contributed by atoms with Gasteiger partial charge in [0.05, 0.1) is 18.6 Å². The second kappa shape index (κ2) is 12.9. The molecule has 1 fully saturated rings. The van der Waals surface area contributed by atoms with Crippen molar-refractivity contribution >= 4 is 27.5 Å². The number of amides is 2. The minimum Gasteiger partial charge on any atom is -0.494 e. The molecule has 1 aliphatic carbocycles. The zero-order valence-corrected chi connectivity index (χ0v) is 23.1. The average molecular weight is 530 g/mol. The van der Waals surface area contributed by atoms with Gasteiger partial charge in [-0.25, -0.2) is 8.42 Å². The number of benzene rings is 2. The topological polar surface area (TPSA) is 96.0 Å². The molecule has 1 saturated carbocycles. The summed E-state index contributed by atoms with van der Waals surface area (Å²) in [5.74, 6) is -0.0169. The Morgan fingerprint density at radius 1 is 1.03 bits per heavy atom. The van der Waals surface area contributed by atoms with Crippen LogP contribution < -0.4 is 14.4 Å². The molecule has 2 aromatic rings. The molecule has 3 rings (SSSR count). The van der Waals surface area contributed by atoms with Crippen LogP contribution in [0.1, 0.15) is 57.1 Å². The van der Waals surface area contributed by atoms with Crippen LogP contribution in [0.25, 0.3) is 0 Å². The van der Waals surface area contributed by atoms with E-state index in [4.69, 9.17) is 4.74 Å². The Morgan fingerprint density at radius 2 is 1.65 bits per heavy atom. The molecule has 9 heteroatoms. The molecule has 1 N–H and O–H groups in total. The molecule has 2 aromatic carbocycles. The molecule has 1 unspecified atom stereocenters. The van der Waals surface area contributed by atoms with E-state index in [1.54, 1.807) is 24.3 Å². The van der Waals surface area contributed by atoms with Crippen LogP contribution in [0.15, 0.2) is 48.5 Å². The van der Waals surface area contributed by atoms with Gasteiger partial charge in [-0.15, -0.1) is 0 Å². The number of hydrogen-bond donors (Lipinski definition) is 1. The van der Waals surface area contributed by atoms with E-state index >= 15 is 0 Å². The van der Waals surface area contributed by atoms with Crippen LogP contribution in [0.2, 0.25) is 0 Å². The van der Waals surface area contributed by atoms with E-state index in [-0.39, 0.29) is 18.5 Å². The van der Waals surface area contributed by atoms with Gasteiger partial charge in [-0.1, -0.05) is 49.6 Å². The molecule has 37 heavy (non-hydrogen) atoms. The fraction of sp³-hybridized carbons (Fsp3) is 0.500. The van der Waals surface area contributed by atoms with Crippen LogP contribution in [0.5, 0.6) is 5.75 Å². The van der Waals surface area contributed by atoms with Crippen LogP contribution in [-0.4, -0.2) is 56.6 Å². The minimum atomic E-state index is -3.78. The van der Waals surface area contributed by atoms with Crippen molar-refractivity contribution in [2.45, 2.75) is 71.5 Å². The number of hydrogen-bond acceptors (Lipinski definition) is 5. The summed E-state index contributed by atoms with van der Waals surface area (Å²) in [6.07, 6.45) is 5.53. The monoisotopic (exact) mass is 529 g/mol. The van der Waals surface area contributed by atoms with Gasteiger partial charge in [0.2, 0.25) is 21.8 Å². The number of nitrogens with one attached hydrogen (secondary N) is 1. The van der Waals surface area contributed by atoms with Crippen molar-refractivity contribution in [3.8, 4) is 5.75 Å². The Hall–Kier alpha value is -3.07. The SMILES string of the molecule is CCOc1ccc(N(CC(=O)N(Cc2ccc(C)cc2)C(CC)C(=O)NC2CCCC2)S(C)(=O)=O)cc1. The Morgan fingerprint density at radius 3 is 2.19 bits per heavy atom. The number of ether oxygens (including phenoxy) is 1. The lowest BCUT2D eigenvalue weighted by Crippen LogP contribution is -2.53. The van der Waals surface area contributed by atoms with Crippen LogP contribution in [-0.2, 0) is 26.2 Å². The van der Waals surface area contributed by atoms with E-state index in [1.807, 2.05) is 45.0 Å². The van der Waals surface area contributed by atoms with Crippen molar-refractivity contribution in [2.24, 2.45) is 0 Å². The molecule has 2 amide bonds. The highest BCUT2D eigenvalue weighted by Crippen LogP contribution is 2.23. The maximum atomic E-state index is 13.8. The maximum absolute atomic E-state index is 13.8. The summed E-state index contributed by atoms with van der Waals surface area (Å²) < 4.78 is 32.0. The Bertz CT molecular complexity index is 1140. The van der Waals surface area contributed by atoms with E-state index in [2.05, 4.69) is 5.32 Å². The van der Waals surface area contributed by atoms with Gasteiger partial charge in [0.1, 0.15) is 18.3 Å². The summed E-state index contributed by atoms with van der Waals surface area (Å²) in [4.78, 5) is 28.6. The van der Waals surface area contributed by atoms with E-state index in [0.717, 1.165) is 47.4 Å². The number of carbonyl (C=O) groups is 2. The van der Waals surface area contributed by atoms with Gasteiger partial charge in [-0.05, 0) is 62.9 Å². The first kappa shape index (κ1) is 28.5. The maximum Gasteiger partial charge on any atom is 0.244 e. The fourth-order valence-electron chi connectivity index (χ4n) is 4.67. The van der Waals surface area contributed by atoms with Crippen molar-refractivity contribution in [1.82, 2.24) is 10.2 Å². The first-order valence-electron chi connectivity index (χ1n) is 13.0. The van der Waals surface area contributed by atoms with Crippen LogP contribution in [0, 0.1) is 6.92 Å². The predicted molar refractivity (Wildman–Crippen MR) is 146 cm³/mol. The summed E-state index contributed by atoms with van der Waals surface area (Å²) in [5.41, 5.74) is 2.32. The zero-order valence-electron chi connectivity index (χ0n) is 22.3. The molecule has 0 radical (unpaired) electrons. The molecule has 0 spiro atoms. The van der Waals surface area contributed by atoms with Gasteiger partial charge in [-0.3, -0.25) is 13.9 Å².